The summed E-state index contributed by atoms with van der Waals surface area (Å²) in [4.78, 5) is 23.0. The third-order valence-corrected chi connectivity index (χ3v) is 7.09. The number of rotatable bonds is 2. The molecule has 1 aliphatic carbocycles. The van der Waals surface area contributed by atoms with Gasteiger partial charge in [-0.25, -0.2) is 14.8 Å². The zero-order chi connectivity index (χ0) is 22.2. The van der Waals surface area contributed by atoms with Gasteiger partial charge >= 0.3 is 6.09 Å². The molecule has 1 aromatic heterocycles. The summed E-state index contributed by atoms with van der Waals surface area (Å²) in [6.45, 7) is 9.31. The van der Waals surface area contributed by atoms with Crippen LogP contribution in [-0.2, 0) is 4.74 Å². The number of aryl methyl sites for hydroxylation is 1. The monoisotopic (exact) mass is 489 g/mol. The van der Waals surface area contributed by atoms with E-state index in [0.29, 0.717) is 5.41 Å². The van der Waals surface area contributed by atoms with Gasteiger partial charge in [-0.3, -0.25) is 0 Å². The summed E-state index contributed by atoms with van der Waals surface area (Å²) in [7, 11) is 0. The van der Waals surface area contributed by atoms with Crippen molar-refractivity contribution in [2.75, 3.05) is 13.1 Å². The Morgan fingerprint density at radius 3 is 2.45 bits per heavy atom. The number of amides is 1. The van der Waals surface area contributed by atoms with Crippen LogP contribution in [-0.4, -0.2) is 45.8 Å². The lowest BCUT2D eigenvalue weighted by atomic mass is 9.67. The van der Waals surface area contributed by atoms with Crippen molar-refractivity contribution in [1.29, 1.82) is 0 Å². The molecule has 1 saturated heterocycles. The first-order valence-electron chi connectivity index (χ1n) is 11.2. The van der Waals surface area contributed by atoms with Gasteiger partial charge in [-0.05, 0) is 83.8 Å². The highest BCUT2D eigenvalue weighted by Crippen LogP contribution is 2.46. The highest BCUT2D eigenvalue weighted by atomic mass is 79.9. The van der Waals surface area contributed by atoms with Crippen LogP contribution in [0.5, 0.6) is 5.75 Å². The Labute approximate surface area is 192 Å². The molecule has 0 bridgehead atoms. The van der Waals surface area contributed by atoms with E-state index in [9.17, 15) is 4.79 Å². The second kappa shape index (κ2) is 8.57. The Morgan fingerprint density at radius 2 is 1.81 bits per heavy atom. The average Bonchev–Trinajstić information content (AvgIpc) is 2.70. The predicted molar refractivity (Wildman–Crippen MR) is 124 cm³/mol. The molecule has 7 heteroatoms. The van der Waals surface area contributed by atoms with Crippen LogP contribution in [0.25, 0.3) is 10.9 Å². The van der Waals surface area contributed by atoms with Gasteiger partial charge in [0.2, 0.25) is 0 Å². The van der Waals surface area contributed by atoms with E-state index in [4.69, 9.17) is 9.47 Å². The van der Waals surface area contributed by atoms with Crippen molar-refractivity contribution in [2.24, 2.45) is 5.41 Å². The lowest BCUT2D eigenvalue weighted by molar-refractivity contribution is -0.00453. The van der Waals surface area contributed by atoms with E-state index < -0.39 is 5.60 Å². The minimum absolute atomic E-state index is 0.182. The number of likely N-dealkylation sites (tertiary alicyclic amines) is 1. The molecular formula is C24H32BrN3O3. The normalized spacial score (nSPS) is 19.6. The van der Waals surface area contributed by atoms with Crippen LogP contribution in [0.3, 0.4) is 0 Å². The predicted octanol–water partition coefficient (Wildman–Crippen LogP) is 6.04. The van der Waals surface area contributed by atoms with Crippen molar-refractivity contribution in [3.05, 3.63) is 28.6 Å². The molecule has 0 N–H and O–H groups in total. The Kier molecular flexibility index (Phi) is 6.16. The van der Waals surface area contributed by atoms with E-state index in [1.807, 2.05) is 44.7 Å². The van der Waals surface area contributed by atoms with Crippen LogP contribution in [0.2, 0.25) is 0 Å². The zero-order valence-electron chi connectivity index (χ0n) is 18.9. The van der Waals surface area contributed by atoms with Gasteiger partial charge in [0, 0.05) is 28.6 Å². The van der Waals surface area contributed by atoms with E-state index in [1.54, 1.807) is 6.33 Å². The fourth-order valence-electron chi connectivity index (χ4n) is 4.81. The van der Waals surface area contributed by atoms with Gasteiger partial charge in [0.25, 0.3) is 0 Å². The molecular weight excluding hydrogens is 458 g/mol. The fourth-order valence-corrected chi connectivity index (χ4v) is 5.24. The Hall–Kier alpha value is -1.89. The van der Waals surface area contributed by atoms with Gasteiger partial charge in [0.15, 0.2) is 0 Å². The molecule has 1 saturated carbocycles. The van der Waals surface area contributed by atoms with Gasteiger partial charge in [-0.15, -0.1) is 0 Å². The SMILES string of the molecule is Cc1ncnc2c(OC3CCC4(CC3)CCN(C(=O)OC(C)(C)C)CC4)cc(Br)cc12. The molecule has 2 heterocycles. The largest absolute Gasteiger partial charge is 0.488 e. The maximum atomic E-state index is 12.4. The number of halogens is 1. The second-order valence-corrected chi connectivity index (χ2v) is 11.0. The molecule has 0 atom stereocenters. The van der Waals surface area contributed by atoms with Crippen molar-refractivity contribution >= 4 is 32.9 Å². The number of piperidine rings is 1. The average molecular weight is 490 g/mol. The molecule has 1 aromatic carbocycles. The molecule has 31 heavy (non-hydrogen) atoms. The van der Waals surface area contributed by atoms with E-state index in [0.717, 1.165) is 78.4 Å². The lowest BCUT2D eigenvalue weighted by Crippen LogP contribution is -2.46. The first-order chi connectivity index (χ1) is 14.6. The van der Waals surface area contributed by atoms with Gasteiger partial charge in [0.05, 0.1) is 6.10 Å². The molecule has 1 spiro atoms. The summed E-state index contributed by atoms with van der Waals surface area (Å²) in [6, 6.07) is 4.06. The summed E-state index contributed by atoms with van der Waals surface area (Å²) in [5.74, 6) is 0.829. The van der Waals surface area contributed by atoms with E-state index >= 15 is 0 Å². The number of aromatic nitrogens is 2. The number of carbonyl (C=O) groups is 1. The first kappa shape index (κ1) is 22.3. The molecule has 0 radical (unpaired) electrons. The Bertz CT molecular complexity index is 954. The second-order valence-electron chi connectivity index (χ2n) is 10.0. The van der Waals surface area contributed by atoms with Crippen molar-refractivity contribution in [2.45, 2.75) is 77.9 Å². The van der Waals surface area contributed by atoms with Gasteiger partial charge in [0.1, 0.15) is 23.2 Å². The molecule has 0 unspecified atom stereocenters. The maximum Gasteiger partial charge on any atom is 0.410 e. The summed E-state index contributed by atoms with van der Waals surface area (Å²) >= 11 is 3.60. The molecule has 2 aromatic rings. The number of hydrogen-bond acceptors (Lipinski definition) is 5. The van der Waals surface area contributed by atoms with Crippen LogP contribution in [0.15, 0.2) is 22.9 Å². The quantitative estimate of drug-likeness (QED) is 0.514. The molecule has 2 fully saturated rings. The number of hydrogen-bond donors (Lipinski definition) is 0. The molecule has 168 valence electrons. The van der Waals surface area contributed by atoms with Crippen LogP contribution in [0.4, 0.5) is 4.79 Å². The zero-order valence-corrected chi connectivity index (χ0v) is 20.5. The van der Waals surface area contributed by atoms with Gasteiger partial charge in [-0.1, -0.05) is 15.9 Å². The van der Waals surface area contributed by atoms with Crippen LogP contribution in [0.1, 0.15) is 65.0 Å². The minimum Gasteiger partial charge on any atom is -0.488 e. The molecule has 6 nitrogen and oxygen atoms in total. The van der Waals surface area contributed by atoms with Crippen LogP contribution >= 0.6 is 15.9 Å². The Morgan fingerprint density at radius 1 is 1.13 bits per heavy atom. The number of nitrogens with zero attached hydrogens (tertiary/aromatic N) is 3. The highest BCUT2D eigenvalue weighted by Gasteiger charge is 2.40. The first-order valence-corrected chi connectivity index (χ1v) is 12.0. The van der Waals surface area contributed by atoms with Crippen molar-refractivity contribution in [3.8, 4) is 5.75 Å². The number of fused-ring (bicyclic) bond motifs is 1. The molecule has 4 rings (SSSR count). The molecule has 1 aliphatic heterocycles. The minimum atomic E-state index is -0.443. The Balaban J connectivity index is 1.36. The molecule has 1 amide bonds. The highest BCUT2D eigenvalue weighted by molar-refractivity contribution is 9.10. The summed E-state index contributed by atoms with van der Waals surface area (Å²) < 4.78 is 13.0. The topological polar surface area (TPSA) is 64.6 Å². The van der Waals surface area contributed by atoms with Gasteiger partial charge in [-0.2, -0.15) is 0 Å². The van der Waals surface area contributed by atoms with Crippen molar-refractivity contribution < 1.29 is 14.3 Å². The smallest absolute Gasteiger partial charge is 0.410 e. The molecule has 2 aliphatic rings. The third-order valence-electron chi connectivity index (χ3n) is 6.63. The van der Waals surface area contributed by atoms with Gasteiger partial charge < -0.3 is 14.4 Å². The number of carbonyl (C=O) groups excluding carboxylic acids is 1. The fraction of sp³-hybridized carbons (Fsp3) is 0.625. The summed E-state index contributed by atoms with van der Waals surface area (Å²) in [5.41, 5.74) is 1.72. The van der Waals surface area contributed by atoms with Crippen molar-refractivity contribution in [1.82, 2.24) is 14.9 Å². The van der Waals surface area contributed by atoms with E-state index in [-0.39, 0.29) is 12.2 Å². The summed E-state index contributed by atoms with van der Waals surface area (Å²) in [5, 5.41) is 1.02. The third kappa shape index (κ3) is 5.13. The summed E-state index contributed by atoms with van der Waals surface area (Å²) in [6.07, 6.45) is 8.05. The van der Waals surface area contributed by atoms with Crippen LogP contribution in [0, 0.1) is 12.3 Å². The maximum absolute atomic E-state index is 12.4. The number of benzene rings is 1. The lowest BCUT2D eigenvalue weighted by Gasteiger charge is -2.45. The van der Waals surface area contributed by atoms with E-state index in [1.165, 1.54) is 0 Å². The standard InChI is InChI=1S/C24H32BrN3O3/c1-16-19-13-17(25)14-20(21(19)27-15-26-16)30-18-5-7-24(8-6-18)9-11-28(12-10-24)22(29)31-23(2,3)4/h13-15,18H,5-12H2,1-4H3. The van der Waals surface area contributed by atoms with Crippen LogP contribution < -0.4 is 4.74 Å². The van der Waals surface area contributed by atoms with Crippen molar-refractivity contribution in [3.63, 3.8) is 0 Å². The van der Waals surface area contributed by atoms with E-state index in [2.05, 4.69) is 25.9 Å². The number of ether oxygens (including phenoxy) is 2.